The molecule has 2 aromatic carbocycles. The third kappa shape index (κ3) is 3.32. The molecule has 0 fully saturated rings. The molecule has 4 heteroatoms. The van der Waals surface area contributed by atoms with Gasteiger partial charge in [0.25, 0.3) is 6.43 Å². The molecule has 0 bridgehead atoms. The Morgan fingerprint density at radius 3 is 2.15 bits per heavy atom. The van der Waals surface area contributed by atoms with E-state index < -0.39 is 17.8 Å². The van der Waals surface area contributed by atoms with Gasteiger partial charge in [0.05, 0.1) is 5.56 Å². The normalized spacial score (nSPS) is 11.2. The van der Waals surface area contributed by atoms with Gasteiger partial charge in [-0.15, -0.1) is 0 Å². The average Bonchev–Trinajstić information content (AvgIpc) is 2.41. The molecule has 1 nitrogen and oxygen atoms in total. The van der Waals surface area contributed by atoms with Crippen LogP contribution in [0, 0.1) is 5.82 Å². The molecule has 0 N–H and O–H groups in total. The Balaban J connectivity index is 2.25. The van der Waals surface area contributed by atoms with Crippen molar-refractivity contribution in [1.82, 2.24) is 0 Å². The predicted molar refractivity (Wildman–Crippen MR) is 72.0 cm³/mol. The Morgan fingerprint density at radius 1 is 0.950 bits per heavy atom. The van der Waals surface area contributed by atoms with Crippen molar-refractivity contribution in [2.24, 2.45) is 0 Å². The van der Waals surface area contributed by atoms with Crippen molar-refractivity contribution in [2.75, 3.05) is 0 Å². The summed E-state index contributed by atoms with van der Waals surface area (Å²) in [7, 11) is 0. The summed E-state index contributed by atoms with van der Waals surface area (Å²) in [5, 5.41) is 0. The van der Waals surface area contributed by atoms with Gasteiger partial charge in [0.15, 0.2) is 0 Å². The van der Waals surface area contributed by atoms with Crippen molar-refractivity contribution in [3.8, 4) is 11.5 Å². The van der Waals surface area contributed by atoms with E-state index in [0.717, 1.165) is 17.7 Å². The van der Waals surface area contributed by atoms with Crippen molar-refractivity contribution in [3.63, 3.8) is 0 Å². The van der Waals surface area contributed by atoms with E-state index in [9.17, 15) is 13.2 Å². The van der Waals surface area contributed by atoms with Gasteiger partial charge in [-0.1, -0.05) is 26.0 Å². The molecular formula is C16H15F3O. The number of hydrogen-bond donors (Lipinski definition) is 0. The van der Waals surface area contributed by atoms with Gasteiger partial charge < -0.3 is 4.74 Å². The highest BCUT2D eigenvalue weighted by Crippen LogP contribution is 2.33. The minimum atomic E-state index is -2.78. The lowest BCUT2D eigenvalue weighted by molar-refractivity contribution is 0.147. The Labute approximate surface area is 116 Å². The molecule has 0 aliphatic heterocycles. The van der Waals surface area contributed by atoms with E-state index in [1.807, 2.05) is 12.1 Å². The van der Waals surface area contributed by atoms with Gasteiger partial charge in [-0.3, -0.25) is 0 Å². The zero-order valence-electron chi connectivity index (χ0n) is 11.2. The van der Waals surface area contributed by atoms with Crippen LogP contribution in [0.15, 0.2) is 42.5 Å². The summed E-state index contributed by atoms with van der Waals surface area (Å²) in [6.45, 7) is 4.12. The molecule has 0 heterocycles. The van der Waals surface area contributed by atoms with Crippen molar-refractivity contribution in [2.45, 2.75) is 26.2 Å². The molecule has 0 amide bonds. The van der Waals surface area contributed by atoms with Crippen molar-refractivity contribution >= 4 is 0 Å². The first-order chi connectivity index (χ1) is 9.47. The molecule has 0 atom stereocenters. The molecule has 0 radical (unpaired) electrons. The van der Waals surface area contributed by atoms with E-state index in [2.05, 4.69) is 13.8 Å². The number of halogens is 3. The van der Waals surface area contributed by atoms with Crippen molar-refractivity contribution < 1.29 is 17.9 Å². The van der Waals surface area contributed by atoms with Gasteiger partial charge >= 0.3 is 0 Å². The standard InChI is InChI=1S/C16H15F3O/c1-10(2)11-3-6-13(7-4-11)20-15-8-5-12(17)9-14(15)16(18)19/h3-10,16H,1-2H3. The zero-order valence-corrected chi connectivity index (χ0v) is 11.2. The summed E-state index contributed by atoms with van der Waals surface area (Å²) in [6.07, 6.45) is -2.78. The largest absolute Gasteiger partial charge is 0.457 e. The molecule has 0 aliphatic rings. The first-order valence-corrected chi connectivity index (χ1v) is 6.33. The first kappa shape index (κ1) is 14.4. The Kier molecular flexibility index (Phi) is 4.32. The molecular weight excluding hydrogens is 265 g/mol. The summed E-state index contributed by atoms with van der Waals surface area (Å²) in [6, 6.07) is 10.3. The fourth-order valence-electron chi connectivity index (χ4n) is 1.83. The molecule has 0 saturated carbocycles. The Morgan fingerprint density at radius 2 is 1.60 bits per heavy atom. The maximum Gasteiger partial charge on any atom is 0.267 e. The van der Waals surface area contributed by atoms with Crippen LogP contribution in [0.1, 0.15) is 37.3 Å². The summed E-state index contributed by atoms with van der Waals surface area (Å²) in [5.41, 5.74) is 0.684. The van der Waals surface area contributed by atoms with Gasteiger partial charge in [0.2, 0.25) is 0 Å². The van der Waals surface area contributed by atoms with Crippen LogP contribution in [-0.2, 0) is 0 Å². The lowest BCUT2D eigenvalue weighted by Crippen LogP contribution is -1.94. The van der Waals surface area contributed by atoms with Crippen LogP contribution < -0.4 is 4.74 Å². The van der Waals surface area contributed by atoms with E-state index in [0.29, 0.717) is 11.7 Å². The van der Waals surface area contributed by atoms with Gasteiger partial charge in [0, 0.05) is 0 Å². The summed E-state index contributed by atoms with van der Waals surface area (Å²) < 4.78 is 44.1. The fourth-order valence-corrected chi connectivity index (χ4v) is 1.83. The molecule has 0 unspecified atom stereocenters. The molecule has 106 valence electrons. The topological polar surface area (TPSA) is 9.23 Å². The van der Waals surface area contributed by atoms with Crippen LogP contribution in [0.25, 0.3) is 0 Å². The highest BCUT2D eigenvalue weighted by Gasteiger charge is 2.16. The van der Waals surface area contributed by atoms with Gasteiger partial charge in [-0.25, -0.2) is 13.2 Å². The second kappa shape index (κ2) is 5.99. The molecule has 2 aromatic rings. The molecule has 0 aliphatic carbocycles. The Bertz CT molecular complexity index is 577. The number of ether oxygens (including phenoxy) is 1. The van der Waals surface area contributed by atoms with Crippen LogP contribution in [0.2, 0.25) is 0 Å². The lowest BCUT2D eigenvalue weighted by Gasteiger charge is -2.12. The van der Waals surface area contributed by atoms with Gasteiger partial charge in [-0.2, -0.15) is 0 Å². The zero-order chi connectivity index (χ0) is 14.7. The van der Waals surface area contributed by atoms with Gasteiger partial charge in [-0.05, 0) is 41.8 Å². The summed E-state index contributed by atoms with van der Waals surface area (Å²) in [4.78, 5) is 0. The fraction of sp³-hybridized carbons (Fsp3) is 0.250. The van der Waals surface area contributed by atoms with Crippen LogP contribution in [-0.4, -0.2) is 0 Å². The van der Waals surface area contributed by atoms with E-state index in [-0.39, 0.29) is 5.75 Å². The second-order valence-electron chi connectivity index (χ2n) is 4.81. The van der Waals surface area contributed by atoms with Crippen LogP contribution >= 0.6 is 0 Å². The summed E-state index contributed by atoms with van der Waals surface area (Å²) >= 11 is 0. The average molecular weight is 280 g/mol. The molecule has 0 saturated heterocycles. The molecule has 20 heavy (non-hydrogen) atoms. The van der Waals surface area contributed by atoms with Crippen LogP contribution in [0.4, 0.5) is 13.2 Å². The van der Waals surface area contributed by atoms with Crippen LogP contribution in [0.3, 0.4) is 0 Å². The maximum atomic E-state index is 13.0. The molecule has 0 spiro atoms. The van der Waals surface area contributed by atoms with Crippen molar-refractivity contribution in [3.05, 3.63) is 59.4 Å². The third-order valence-electron chi connectivity index (χ3n) is 2.98. The summed E-state index contributed by atoms with van der Waals surface area (Å²) in [5.74, 6) is 0.0934. The SMILES string of the molecule is CC(C)c1ccc(Oc2ccc(F)cc2C(F)F)cc1. The smallest absolute Gasteiger partial charge is 0.267 e. The lowest BCUT2D eigenvalue weighted by atomic mass is 10.0. The van der Waals surface area contributed by atoms with Crippen molar-refractivity contribution in [1.29, 1.82) is 0 Å². The van der Waals surface area contributed by atoms with E-state index in [4.69, 9.17) is 4.74 Å². The van der Waals surface area contributed by atoms with E-state index in [1.54, 1.807) is 12.1 Å². The van der Waals surface area contributed by atoms with Crippen LogP contribution in [0.5, 0.6) is 11.5 Å². The molecule has 2 rings (SSSR count). The molecule has 0 aromatic heterocycles. The number of benzene rings is 2. The highest BCUT2D eigenvalue weighted by molar-refractivity contribution is 5.39. The quantitative estimate of drug-likeness (QED) is 0.700. The third-order valence-corrected chi connectivity index (χ3v) is 2.98. The minimum absolute atomic E-state index is 0.0290. The number of rotatable bonds is 4. The first-order valence-electron chi connectivity index (χ1n) is 6.33. The maximum absolute atomic E-state index is 13.0. The highest BCUT2D eigenvalue weighted by atomic mass is 19.3. The number of hydrogen-bond acceptors (Lipinski definition) is 1. The van der Waals surface area contributed by atoms with E-state index in [1.165, 1.54) is 6.07 Å². The minimum Gasteiger partial charge on any atom is -0.457 e. The number of alkyl halides is 2. The van der Waals surface area contributed by atoms with E-state index >= 15 is 0 Å². The van der Waals surface area contributed by atoms with Gasteiger partial charge in [0.1, 0.15) is 17.3 Å². The Hall–Kier alpha value is -1.97. The monoisotopic (exact) mass is 280 g/mol. The predicted octanol–water partition coefficient (Wildman–Crippen LogP) is 5.68. The second-order valence-corrected chi connectivity index (χ2v) is 4.81.